The number of amides is 2. The highest BCUT2D eigenvalue weighted by Crippen LogP contribution is 2.23. The van der Waals surface area contributed by atoms with Gasteiger partial charge in [0.05, 0.1) is 5.54 Å². The van der Waals surface area contributed by atoms with Crippen molar-refractivity contribution in [1.82, 2.24) is 10.2 Å². The van der Waals surface area contributed by atoms with Crippen molar-refractivity contribution in [2.75, 3.05) is 6.54 Å². The Kier molecular flexibility index (Phi) is 5.24. The highest BCUT2D eigenvalue weighted by atomic mass is 35.5. The number of nitrogens with zero attached hydrogens (tertiary/aromatic N) is 1. The van der Waals surface area contributed by atoms with Crippen molar-refractivity contribution in [3.63, 3.8) is 0 Å². The second-order valence-corrected chi connectivity index (χ2v) is 5.88. The van der Waals surface area contributed by atoms with E-state index < -0.39 is 5.54 Å². The maximum atomic E-state index is 12.3. The van der Waals surface area contributed by atoms with Gasteiger partial charge in [-0.25, -0.2) is 4.79 Å². The van der Waals surface area contributed by atoms with Crippen LogP contribution in [0.5, 0.6) is 0 Å². The van der Waals surface area contributed by atoms with Gasteiger partial charge in [0, 0.05) is 17.6 Å². The first kappa shape index (κ1) is 15.8. The van der Waals surface area contributed by atoms with Crippen molar-refractivity contribution in [2.45, 2.75) is 46.2 Å². The van der Waals surface area contributed by atoms with Crippen LogP contribution in [0.25, 0.3) is 0 Å². The summed E-state index contributed by atoms with van der Waals surface area (Å²) in [5.74, 6) is 0. The molecule has 0 aliphatic heterocycles. The SMILES string of the molecule is CCN(C(=O)NC(C)(C)c1cccc(Cl)c1)C(C)C. The lowest BCUT2D eigenvalue weighted by Crippen LogP contribution is -2.50. The Hall–Kier alpha value is -1.22. The largest absolute Gasteiger partial charge is 0.329 e. The zero-order valence-electron chi connectivity index (χ0n) is 12.3. The molecule has 1 N–H and O–H groups in total. The monoisotopic (exact) mass is 282 g/mol. The normalized spacial score (nSPS) is 11.5. The van der Waals surface area contributed by atoms with Crippen LogP contribution in [0.3, 0.4) is 0 Å². The molecule has 19 heavy (non-hydrogen) atoms. The van der Waals surface area contributed by atoms with Crippen molar-refractivity contribution < 1.29 is 4.79 Å². The van der Waals surface area contributed by atoms with Crippen LogP contribution in [-0.4, -0.2) is 23.5 Å². The molecule has 2 amide bonds. The predicted molar refractivity (Wildman–Crippen MR) is 80.5 cm³/mol. The van der Waals surface area contributed by atoms with Crippen LogP contribution in [0.4, 0.5) is 4.79 Å². The number of carbonyl (C=O) groups excluding carboxylic acids is 1. The molecule has 0 fully saturated rings. The van der Waals surface area contributed by atoms with Crippen molar-refractivity contribution >= 4 is 17.6 Å². The van der Waals surface area contributed by atoms with Crippen LogP contribution in [0.15, 0.2) is 24.3 Å². The van der Waals surface area contributed by atoms with E-state index in [1.807, 2.05) is 58.9 Å². The summed E-state index contributed by atoms with van der Waals surface area (Å²) in [5, 5.41) is 3.74. The maximum absolute atomic E-state index is 12.3. The number of benzene rings is 1. The minimum atomic E-state index is -0.454. The smallest absolute Gasteiger partial charge is 0.318 e. The van der Waals surface area contributed by atoms with E-state index in [1.165, 1.54) is 0 Å². The standard InChI is InChI=1S/C15H23ClN2O/c1-6-18(11(2)3)14(19)17-15(4,5)12-8-7-9-13(16)10-12/h7-11H,6H2,1-5H3,(H,17,19). The molecule has 0 aliphatic carbocycles. The van der Waals surface area contributed by atoms with E-state index in [0.29, 0.717) is 11.6 Å². The van der Waals surface area contributed by atoms with Gasteiger partial charge in [0.25, 0.3) is 0 Å². The highest BCUT2D eigenvalue weighted by Gasteiger charge is 2.26. The molecule has 0 bridgehead atoms. The molecule has 3 nitrogen and oxygen atoms in total. The summed E-state index contributed by atoms with van der Waals surface area (Å²) < 4.78 is 0. The summed E-state index contributed by atoms with van der Waals surface area (Å²) in [6.45, 7) is 10.6. The van der Waals surface area contributed by atoms with Crippen molar-refractivity contribution in [1.29, 1.82) is 0 Å². The number of hydrogen-bond donors (Lipinski definition) is 1. The number of urea groups is 1. The molecule has 106 valence electrons. The molecule has 0 atom stereocenters. The van der Waals surface area contributed by atoms with Gasteiger partial charge in [-0.3, -0.25) is 0 Å². The van der Waals surface area contributed by atoms with Crippen molar-refractivity contribution in [3.8, 4) is 0 Å². The lowest BCUT2D eigenvalue weighted by Gasteiger charge is -2.33. The topological polar surface area (TPSA) is 32.3 Å². The van der Waals surface area contributed by atoms with Gasteiger partial charge in [-0.05, 0) is 52.3 Å². The van der Waals surface area contributed by atoms with Crippen LogP contribution in [0.2, 0.25) is 5.02 Å². The van der Waals surface area contributed by atoms with Gasteiger partial charge in [0.1, 0.15) is 0 Å². The fraction of sp³-hybridized carbons (Fsp3) is 0.533. The summed E-state index contributed by atoms with van der Waals surface area (Å²) in [5.41, 5.74) is 0.540. The highest BCUT2D eigenvalue weighted by molar-refractivity contribution is 6.30. The first-order chi connectivity index (χ1) is 8.77. The van der Waals surface area contributed by atoms with E-state index in [9.17, 15) is 4.79 Å². The van der Waals surface area contributed by atoms with Gasteiger partial charge in [-0.15, -0.1) is 0 Å². The average Bonchev–Trinajstić information content (AvgIpc) is 2.28. The van der Waals surface area contributed by atoms with Crippen LogP contribution in [0, 0.1) is 0 Å². The van der Waals surface area contributed by atoms with Gasteiger partial charge >= 0.3 is 6.03 Å². The first-order valence-corrected chi connectivity index (χ1v) is 7.00. The zero-order valence-corrected chi connectivity index (χ0v) is 13.1. The Labute approximate surface area is 120 Å². The summed E-state index contributed by atoms with van der Waals surface area (Å²) in [7, 11) is 0. The van der Waals surface area contributed by atoms with Gasteiger partial charge in [0.15, 0.2) is 0 Å². The molecule has 0 unspecified atom stereocenters. The number of carbonyl (C=O) groups is 1. The van der Waals surface area contributed by atoms with E-state index in [-0.39, 0.29) is 12.1 Å². The van der Waals surface area contributed by atoms with E-state index in [2.05, 4.69) is 5.32 Å². The Morgan fingerprint density at radius 1 is 1.42 bits per heavy atom. The van der Waals surface area contributed by atoms with E-state index in [1.54, 1.807) is 4.90 Å². The van der Waals surface area contributed by atoms with Gasteiger partial charge in [0.2, 0.25) is 0 Å². The lowest BCUT2D eigenvalue weighted by atomic mass is 9.94. The van der Waals surface area contributed by atoms with Gasteiger partial charge < -0.3 is 10.2 Å². The third-order valence-corrected chi connectivity index (χ3v) is 3.43. The molecular formula is C15H23ClN2O. The fourth-order valence-electron chi connectivity index (χ4n) is 2.03. The second-order valence-electron chi connectivity index (χ2n) is 5.45. The van der Waals surface area contributed by atoms with Gasteiger partial charge in [-0.2, -0.15) is 0 Å². The summed E-state index contributed by atoms with van der Waals surface area (Å²) >= 11 is 6.00. The number of rotatable bonds is 4. The predicted octanol–water partition coefficient (Wildman–Crippen LogP) is 4.02. The van der Waals surface area contributed by atoms with Crippen LogP contribution < -0.4 is 5.32 Å². The minimum Gasteiger partial charge on any atom is -0.329 e. The molecule has 0 saturated heterocycles. The minimum absolute atomic E-state index is 0.0533. The molecule has 0 aliphatic rings. The Bertz CT molecular complexity index is 444. The summed E-state index contributed by atoms with van der Waals surface area (Å²) in [6, 6.07) is 7.70. The van der Waals surface area contributed by atoms with Gasteiger partial charge in [-0.1, -0.05) is 23.7 Å². The first-order valence-electron chi connectivity index (χ1n) is 6.62. The van der Waals surface area contributed by atoms with Crippen LogP contribution in [-0.2, 0) is 5.54 Å². The van der Waals surface area contributed by atoms with Crippen molar-refractivity contribution in [3.05, 3.63) is 34.9 Å². The van der Waals surface area contributed by atoms with E-state index in [4.69, 9.17) is 11.6 Å². The number of hydrogen-bond acceptors (Lipinski definition) is 1. The van der Waals surface area contributed by atoms with Crippen LogP contribution >= 0.6 is 11.6 Å². The Morgan fingerprint density at radius 3 is 2.53 bits per heavy atom. The molecule has 1 aromatic rings. The quantitative estimate of drug-likeness (QED) is 0.889. The van der Waals surface area contributed by atoms with Crippen molar-refractivity contribution in [2.24, 2.45) is 0 Å². The van der Waals surface area contributed by atoms with E-state index in [0.717, 1.165) is 5.56 Å². The molecule has 0 saturated carbocycles. The van der Waals surface area contributed by atoms with Crippen LogP contribution in [0.1, 0.15) is 40.2 Å². The maximum Gasteiger partial charge on any atom is 0.318 e. The molecule has 1 rings (SSSR count). The average molecular weight is 283 g/mol. The third kappa shape index (κ3) is 4.13. The summed E-state index contributed by atoms with van der Waals surface area (Å²) in [4.78, 5) is 14.1. The Balaban J connectivity index is 2.87. The Morgan fingerprint density at radius 2 is 2.05 bits per heavy atom. The second kappa shape index (κ2) is 6.29. The third-order valence-electron chi connectivity index (χ3n) is 3.19. The molecule has 1 aromatic carbocycles. The molecule has 0 aromatic heterocycles. The molecule has 0 radical (unpaired) electrons. The molecule has 0 heterocycles. The molecule has 4 heteroatoms. The molecule has 0 spiro atoms. The lowest BCUT2D eigenvalue weighted by molar-refractivity contribution is 0.176. The number of nitrogens with one attached hydrogen (secondary N) is 1. The zero-order chi connectivity index (χ0) is 14.6. The van der Waals surface area contributed by atoms with E-state index >= 15 is 0 Å². The summed E-state index contributed by atoms with van der Waals surface area (Å²) in [6.07, 6.45) is 0. The molecular weight excluding hydrogens is 260 g/mol. The number of halogens is 1. The fourth-order valence-corrected chi connectivity index (χ4v) is 2.22.